The second kappa shape index (κ2) is 18.9. The van der Waals surface area contributed by atoms with Gasteiger partial charge >= 0.3 is 0 Å². The molecule has 1 amide bonds. The fraction of sp³-hybridized carbons (Fsp3) is 0.220. The van der Waals surface area contributed by atoms with Gasteiger partial charge in [-0.2, -0.15) is 0 Å². The number of carbonyl (C=O) groups is 1. The van der Waals surface area contributed by atoms with Crippen LogP contribution in [0.5, 0.6) is 23.1 Å². The van der Waals surface area contributed by atoms with Gasteiger partial charge < -0.3 is 19.1 Å². The molecule has 1 aromatic heterocycles. The third kappa shape index (κ3) is 11.0. The summed E-state index contributed by atoms with van der Waals surface area (Å²) in [6.07, 6.45) is 5.70. The topological polar surface area (TPSA) is 64.1 Å². The van der Waals surface area contributed by atoms with Crippen LogP contribution in [0, 0.1) is 12.7 Å². The van der Waals surface area contributed by atoms with Crippen LogP contribution in [0.2, 0.25) is 10.0 Å². The van der Waals surface area contributed by atoms with E-state index in [9.17, 15) is 9.18 Å². The summed E-state index contributed by atoms with van der Waals surface area (Å²) >= 11 is 12.8. The highest BCUT2D eigenvalue weighted by atomic mass is 79.9. The molecule has 0 atom stereocenters. The largest absolute Gasteiger partial charge is 0.493 e. The normalized spacial score (nSPS) is 13.1. The summed E-state index contributed by atoms with van der Waals surface area (Å²) in [5.41, 5.74) is 4.88. The van der Waals surface area contributed by atoms with Crippen molar-refractivity contribution in [2.45, 2.75) is 26.5 Å². The van der Waals surface area contributed by atoms with E-state index >= 15 is 0 Å². The number of carbonyl (C=O) groups excluding carboxylic acids is 1. The maximum absolute atomic E-state index is 13.1. The third-order valence-electron chi connectivity index (χ3n) is 8.56. The molecule has 1 fully saturated rings. The van der Waals surface area contributed by atoms with E-state index in [1.54, 1.807) is 48.7 Å². The first kappa shape index (κ1) is 38.8. The number of ether oxygens (including phenoxy) is 3. The average molecular weight is 808 g/mol. The van der Waals surface area contributed by atoms with Gasteiger partial charge in [0.2, 0.25) is 11.8 Å². The lowest BCUT2D eigenvalue weighted by Crippen LogP contribution is -2.47. The Bertz CT molecular complexity index is 1950. The van der Waals surface area contributed by atoms with Crippen molar-refractivity contribution < 1.29 is 23.4 Å². The van der Waals surface area contributed by atoms with Crippen molar-refractivity contribution in [1.82, 2.24) is 14.8 Å². The molecule has 1 aliphatic rings. The number of hydrogen-bond donors (Lipinski definition) is 0. The van der Waals surface area contributed by atoms with Gasteiger partial charge in [0.1, 0.15) is 29.7 Å². The standard InChI is InChI=1S/C41H38Cl2FN3O4.BrH/c1-29-24-32(38(43)25-39(29)51-40-16-15-36(26-45-40)50-28-33-4-2-3-5-37(33)42)10-17-41(48)47-21-19-46(20-22-47)27-31-8-6-30(7-9-31)18-23-49-35-13-11-34(44)12-14-35;/h2-17,24-26H,18-23,27-28H2,1H3;1H. The van der Waals surface area contributed by atoms with E-state index in [0.717, 1.165) is 42.7 Å². The van der Waals surface area contributed by atoms with E-state index in [0.29, 0.717) is 59.5 Å². The fourth-order valence-corrected chi connectivity index (χ4v) is 6.01. The van der Waals surface area contributed by atoms with Crippen molar-refractivity contribution >= 4 is 52.2 Å². The maximum Gasteiger partial charge on any atom is 0.246 e. The highest BCUT2D eigenvalue weighted by molar-refractivity contribution is 8.93. The van der Waals surface area contributed by atoms with Crippen molar-refractivity contribution in [2.24, 2.45) is 0 Å². The average Bonchev–Trinajstić information content (AvgIpc) is 3.14. The molecule has 0 radical (unpaired) electrons. The molecule has 1 saturated heterocycles. The highest BCUT2D eigenvalue weighted by Crippen LogP contribution is 2.31. The van der Waals surface area contributed by atoms with E-state index in [2.05, 4.69) is 34.1 Å². The lowest BCUT2D eigenvalue weighted by molar-refractivity contribution is -0.127. The van der Waals surface area contributed by atoms with Crippen LogP contribution < -0.4 is 14.2 Å². The maximum atomic E-state index is 13.1. The number of nitrogens with zero attached hydrogens (tertiary/aromatic N) is 3. The zero-order valence-electron chi connectivity index (χ0n) is 28.6. The molecule has 0 N–H and O–H groups in total. The minimum atomic E-state index is -0.274. The van der Waals surface area contributed by atoms with Gasteiger partial charge in [0, 0.05) is 67.9 Å². The van der Waals surface area contributed by atoms with Crippen LogP contribution in [-0.2, 0) is 24.4 Å². The van der Waals surface area contributed by atoms with Crippen LogP contribution >= 0.6 is 40.2 Å². The molecule has 11 heteroatoms. The number of aromatic nitrogens is 1. The third-order valence-corrected chi connectivity index (χ3v) is 9.26. The quantitative estimate of drug-likeness (QED) is 0.111. The molecule has 0 unspecified atom stereocenters. The molecular formula is C41H39BrCl2FN3O4. The smallest absolute Gasteiger partial charge is 0.246 e. The number of amides is 1. The summed E-state index contributed by atoms with van der Waals surface area (Å²) in [4.78, 5) is 21.6. The monoisotopic (exact) mass is 805 g/mol. The Kier molecular flexibility index (Phi) is 14.1. The summed E-state index contributed by atoms with van der Waals surface area (Å²) in [5, 5.41) is 1.12. The van der Waals surface area contributed by atoms with Gasteiger partial charge in [0.25, 0.3) is 0 Å². The summed E-state index contributed by atoms with van der Waals surface area (Å²) in [7, 11) is 0. The Morgan fingerprint density at radius 3 is 2.27 bits per heavy atom. The van der Waals surface area contributed by atoms with Gasteiger partial charge in [0.05, 0.1) is 17.8 Å². The summed E-state index contributed by atoms with van der Waals surface area (Å²) in [6, 6.07) is 29.3. The Morgan fingerprint density at radius 1 is 0.846 bits per heavy atom. The predicted molar refractivity (Wildman–Crippen MR) is 210 cm³/mol. The van der Waals surface area contributed by atoms with Gasteiger partial charge in [0.15, 0.2) is 0 Å². The van der Waals surface area contributed by atoms with Crippen LogP contribution in [0.25, 0.3) is 6.08 Å². The van der Waals surface area contributed by atoms with E-state index in [1.165, 1.54) is 23.3 Å². The number of pyridine rings is 1. The number of rotatable bonds is 13. The number of hydrogen-bond acceptors (Lipinski definition) is 6. The van der Waals surface area contributed by atoms with Gasteiger partial charge in [-0.1, -0.05) is 65.7 Å². The summed E-state index contributed by atoms with van der Waals surface area (Å²) in [5.74, 6) is 1.91. The zero-order valence-corrected chi connectivity index (χ0v) is 31.9. The Balaban J connectivity index is 0.00000523. The molecule has 5 aromatic rings. The molecule has 1 aliphatic heterocycles. The molecule has 270 valence electrons. The summed E-state index contributed by atoms with van der Waals surface area (Å²) in [6.45, 7) is 6.49. The SMILES string of the molecule is Br.Cc1cc(C=CC(=O)N2CCN(Cc3ccc(CCOc4ccc(F)cc4)cc3)CC2)c(Cl)cc1Oc1ccc(OCc2ccccc2Cl)cn1. The number of piperazine rings is 1. The Labute approximate surface area is 324 Å². The lowest BCUT2D eigenvalue weighted by Gasteiger charge is -2.34. The molecule has 0 saturated carbocycles. The first-order valence-electron chi connectivity index (χ1n) is 16.7. The molecule has 0 spiro atoms. The molecular weight excluding hydrogens is 768 g/mol. The minimum Gasteiger partial charge on any atom is -0.493 e. The van der Waals surface area contributed by atoms with Crippen molar-refractivity contribution in [3.63, 3.8) is 0 Å². The minimum absolute atomic E-state index is 0. The predicted octanol–water partition coefficient (Wildman–Crippen LogP) is 9.76. The van der Waals surface area contributed by atoms with Crippen LogP contribution in [0.1, 0.15) is 27.8 Å². The fourth-order valence-electron chi connectivity index (χ4n) is 5.60. The van der Waals surface area contributed by atoms with Crippen LogP contribution in [0.4, 0.5) is 4.39 Å². The number of aryl methyl sites for hydroxylation is 1. The molecule has 52 heavy (non-hydrogen) atoms. The zero-order chi connectivity index (χ0) is 35.6. The van der Waals surface area contributed by atoms with E-state index in [4.69, 9.17) is 37.4 Å². The Morgan fingerprint density at radius 2 is 1.56 bits per heavy atom. The first-order valence-corrected chi connectivity index (χ1v) is 17.5. The highest BCUT2D eigenvalue weighted by Gasteiger charge is 2.20. The second-order valence-electron chi connectivity index (χ2n) is 12.3. The first-order chi connectivity index (χ1) is 24.8. The van der Waals surface area contributed by atoms with Gasteiger partial charge in [-0.25, -0.2) is 9.37 Å². The molecule has 0 aliphatic carbocycles. The van der Waals surface area contributed by atoms with Crippen molar-refractivity contribution in [1.29, 1.82) is 0 Å². The lowest BCUT2D eigenvalue weighted by atomic mass is 10.1. The van der Waals surface area contributed by atoms with E-state index < -0.39 is 0 Å². The van der Waals surface area contributed by atoms with Gasteiger partial charge in [-0.05, 0) is 77.7 Å². The summed E-state index contributed by atoms with van der Waals surface area (Å²) < 4.78 is 30.6. The molecule has 7 nitrogen and oxygen atoms in total. The molecule has 4 aromatic carbocycles. The Hall–Kier alpha value is -4.41. The van der Waals surface area contributed by atoms with E-state index in [-0.39, 0.29) is 28.7 Å². The van der Waals surface area contributed by atoms with Crippen molar-refractivity contribution in [3.05, 3.63) is 153 Å². The second-order valence-corrected chi connectivity index (χ2v) is 13.1. The molecule has 2 heterocycles. The van der Waals surface area contributed by atoms with E-state index in [1.807, 2.05) is 42.2 Å². The molecule has 6 rings (SSSR count). The number of halogens is 4. The van der Waals surface area contributed by atoms with Crippen molar-refractivity contribution in [2.75, 3.05) is 32.8 Å². The van der Waals surface area contributed by atoms with Crippen LogP contribution in [0.3, 0.4) is 0 Å². The van der Waals surface area contributed by atoms with Gasteiger partial charge in [-0.3, -0.25) is 9.69 Å². The van der Waals surface area contributed by atoms with Gasteiger partial charge in [-0.15, -0.1) is 17.0 Å². The van der Waals surface area contributed by atoms with Crippen LogP contribution in [-0.4, -0.2) is 53.5 Å². The van der Waals surface area contributed by atoms with Crippen LogP contribution in [0.15, 0.2) is 109 Å². The van der Waals surface area contributed by atoms with Crippen molar-refractivity contribution in [3.8, 4) is 23.1 Å². The number of benzene rings is 4. The molecule has 0 bridgehead atoms.